The van der Waals surface area contributed by atoms with E-state index in [9.17, 15) is 4.79 Å². The standard InChI is InChI=1S/C17H21NO2/c1-13-9-10-18(12-14(13)2)17(20)16-7-5-15(6-8-16)4-3-11-19/h5-8,13-14,19H,9-12H2,1-2H3. The summed E-state index contributed by atoms with van der Waals surface area (Å²) >= 11 is 0. The number of piperidine rings is 1. The molecule has 1 heterocycles. The first kappa shape index (κ1) is 14.6. The summed E-state index contributed by atoms with van der Waals surface area (Å²) in [6.45, 7) is 5.99. The minimum atomic E-state index is -0.148. The lowest BCUT2D eigenvalue weighted by atomic mass is 9.88. The van der Waals surface area contributed by atoms with Crippen LogP contribution < -0.4 is 0 Å². The van der Waals surface area contributed by atoms with Crippen LogP contribution in [0.4, 0.5) is 0 Å². The number of carbonyl (C=O) groups excluding carboxylic acids is 1. The Labute approximate surface area is 120 Å². The van der Waals surface area contributed by atoms with Gasteiger partial charge < -0.3 is 10.0 Å². The number of benzene rings is 1. The summed E-state index contributed by atoms with van der Waals surface area (Å²) in [4.78, 5) is 14.4. The third-order valence-corrected chi connectivity index (χ3v) is 4.06. The first-order chi connectivity index (χ1) is 9.61. The normalized spacial score (nSPS) is 22.1. The highest BCUT2D eigenvalue weighted by molar-refractivity contribution is 5.94. The third kappa shape index (κ3) is 3.40. The number of hydrogen-bond acceptors (Lipinski definition) is 2. The molecule has 2 atom stereocenters. The second-order valence-corrected chi connectivity index (χ2v) is 5.53. The van der Waals surface area contributed by atoms with Crippen molar-refractivity contribution in [2.75, 3.05) is 19.7 Å². The maximum atomic E-state index is 12.4. The van der Waals surface area contributed by atoms with Gasteiger partial charge in [0.2, 0.25) is 0 Å². The van der Waals surface area contributed by atoms with E-state index in [4.69, 9.17) is 5.11 Å². The third-order valence-electron chi connectivity index (χ3n) is 4.06. The number of rotatable bonds is 1. The van der Waals surface area contributed by atoms with Gasteiger partial charge in [-0.2, -0.15) is 0 Å². The number of nitrogens with zero attached hydrogens (tertiary/aromatic N) is 1. The second kappa shape index (κ2) is 6.58. The van der Waals surface area contributed by atoms with Crippen molar-refractivity contribution in [1.82, 2.24) is 4.90 Å². The minimum absolute atomic E-state index is 0.102. The van der Waals surface area contributed by atoms with Gasteiger partial charge in [-0.3, -0.25) is 4.79 Å². The minimum Gasteiger partial charge on any atom is -0.384 e. The first-order valence-corrected chi connectivity index (χ1v) is 7.11. The summed E-state index contributed by atoms with van der Waals surface area (Å²) in [6, 6.07) is 7.27. The molecule has 1 N–H and O–H groups in total. The predicted octanol–water partition coefficient (Wildman–Crippen LogP) is 2.15. The van der Waals surface area contributed by atoms with E-state index in [0.717, 1.165) is 25.1 Å². The Morgan fingerprint density at radius 2 is 2.00 bits per heavy atom. The first-order valence-electron chi connectivity index (χ1n) is 7.11. The van der Waals surface area contributed by atoms with Crippen LogP contribution in [0.1, 0.15) is 36.2 Å². The van der Waals surface area contributed by atoms with Gasteiger partial charge in [0.25, 0.3) is 5.91 Å². The lowest BCUT2D eigenvalue weighted by molar-refractivity contribution is 0.0627. The van der Waals surface area contributed by atoms with Gasteiger partial charge in [-0.25, -0.2) is 0 Å². The Balaban J connectivity index is 2.06. The molecule has 20 heavy (non-hydrogen) atoms. The molecule has 1 aromatic rings. The molecule has 0 saturated carbocycles. The van der Waals surface area contributed by atoms with Gasteiger partial charge in [0.15, 0.2) is 0 Å². The van der Waals surface area contributed by atoms with E-state index in [1.807, 2.05) is 29.2 Å². The Morgan fingerprint density at radius 1 is 1.30 bits per heavy atom. The largest absolute Gasteiger partial charge is 0.384 e. The van der Waals surface area contributed by atoms with E-state index in [2.05, 4.69) is 25.7 Å². The van der Waals surface area contributed by atoms with Gasteiger partial charge in [0.1, 0.15) is 6.61 Å². The fourth-order valence-electron chi connectivity index (χ4n) is 2.47. The fraction of sp³-hybridized carbons (Fsp3) is 0.471. The molecule has 1 aromatic carbocycles. The number of hydrogen-bond donors (Lipinski definition) is 1. The topological polar surface area (TPSA) is 40.5 Å². The van der Waals surface area contributed by atoms with Crippen molar-refractivity contribution in [2.24, 2.45) is 11.8 Å². The molecule has 1 aliphatic rings. The van der Waals surface area contributed by atoms with Crippen LogP contribution in [-0.4, -0.2) is 35.6 Å². The highest BCUT2D eigenvalue weighted by Crippen LogP contribution is 2.23. The van der Waals surface area contributed by atoms with Gasteiger partial charge in [-0.1, -0.05) is 25.7 Å². The van der Waals surface area contributed by atoms with Crippen LogP contribution in [0.2, 0.25) is 0 Å². The van der Waals surface area contributed by atoms with E-state index >= 15 is 0 Å². The molecule has 2 unspecified atom stereocenters. The van der Waals surface area contributed by atoms with Gasteiger partial charge in [0.05, 0.1) is 0 Å². The Bertz CT molecular complexity index is 524. The molecule has 0 spiro atoms. The van der Waals surface area contributed by atoms with E-state index in [0.29, 0.717) is 17.4 Å². The van der Waals surface area contributed by atoms with Gasteiger partial charge >= 0.3 is 0 Å². The zero-order chi connectivity index (χ0) is 14.5. The zero-order valence-electron chi connectivity index (χ0n) is 12.1. The van der Waals surface area contributed by atoms with E-state index in [1.165, 1.54) is 0 Å². The highest BCUT2D eigenvalue weighted by atomic mass is 16.2. The maximum Gasteiger partial charge on any atom is 0.253 e. The molecule has 3 nitrogen and oxygen atoms in total. The molecule has 0 radical (unpaired) electrons. The average Bonchev–Trinajstić information content (AvgIpc) is 2.48. The molecule has 2 rings (SSSR count). The number of carbonyl (C=O) groups is 1. The van der Waals surface area contributed by atoms with Crippen LogP contribution in [0.15, 0.2) is 24.3 Å². The number of aliphatic hydroxyl groups is 1. The Kier molecular flexibility index (Phi) is 4.81. The van der Waals surface area contributed by atoms with E-state index in [1.54, 1.807) is 0 Å². The van der Waals surface area contributed by atoms with Crippen LogP contribution in [0.5, 0.6) is 0 Å². The molecule has 3 heteroatoms. The molecule has 106 valence electrons. The summed E-state index contributed by atoms with van der Waals surface area (Å²) in [5.41, 5.74) is 1.53. The van der Waals surface area contributed by atoms with Crippen molar-refractivity contribution in [3.8, 4) is 11.8 Å². The second-order valence-electron chi connectivity index (χ2n) is 5.53. The monoisotopic (exact) mass is 271 g/mol. The summed E-state index contributed by atoms with van der Waals surface area (Å²) in [5.74, 6) is 6.78. The molecular formula is C17H21NO2. The predicted molar refractivity (Wildman–Crippen MR) is 79.3 cm³/mol. The Hall–Kier alpha value is -1.79. The Morgan fingerprint density at radius 3 is 2.60 bits per heavy atom. The van der Waals surface area contributed by atoms with Crippen LogP contribution in [-0.2, 0) is 0 Å². The smallest absolute Gasteiger partial charge is 0.253 e. The van der Waals surface area contributed by atoms with Crippen LogP contribution in [0, 0.1) is 23.7 Å². The average molecular weight is 271 g/mol. The molecule has 1 amide bonds. The highest BCUT2D eigenvalue weighted by Gasteiger charge is 2.26. The molecule has 0 bridgehead atoms. The molecule has 0 aromatic heterocycles. The number of amides is 1. The zero-order valence-corrected chi connectivity index (χ0v) is 12.1. The van der Waals surface area contributed by atoms with Crippen molar-refractivity contribution >= 4 is 5.91 Å². The molecule has 0 aliphatic carbocycles. The van der Waals surface area contributed by atoms with Gasteiger partial charge in [-0.05, 0) is 42.5 Å². The summed E-state index contributed by atoms with van der Waals surface area (Å²) in [7, 11) is 0. The van der Waals surface area contributed by atoms with Crippen LogP contribution in [0.3, 0.4) is 0 Å². The van der Waals surface area contributed by atoms with E-state index in [-0.39, 0.29) is 12.5 Å². The van der Waals surface area contributed by atoms with Crippen molar-refractivity contribution in [1.29, 1.82) is 0 Å². The summed E-state index contributed by atoms with van der Waals surface area (Å²) in [6.07, 6.45) is 1.08. The SMILES string of the molecule is CC1CCN(C(=O)c2ccc(C#CCO)cc2)CC1C. The molecule has 1 fully saturated rings. The van der Waals surface area contributed by atoms with Crippen molar-refractivity contribution in [2.45, 2.75) is 20.3 Å². The quantitative estimate of drug-likeness (QED) is 0.795. The number of aliphatic hydroxyl groups excluding tert-OH is 1. The fourth-order valence-corrected chi connectivity index (χ4v) is 2.47. The number of likely N-dealkylation sites (tertiary alicyclic amines) is 1. The van der Waals surface area contributed by atoms with Crippen molar-refractivity contribution < 1.29 is 9.90 Å². The van der Waals surface area contributed by atoms with Crippen LogP contribution >= 0.6 is 0 Å². The van der Waals surface area contributed by atoms with E-state index < -0.39 is 0 Å². The molecule has 1 saturated heterocycles. The van der Waals surface area contributed by atoms with Crippen molar-refractivity contribution in [3.05, 3.63) is 35.4 Å². The summed E-state index contributed by atoms with van der Waals surface area (Å²) in [5, 5.41) is 8.65. The van der Waals surface area contributed by atoms with Crippen LogP contribution in [0.25, 0.3) is 0 Å². The summed E-state index contributed by atoms with van der Waals surface area (Å²) < 4.78 is 0. The molecule has 1 aliphatic heterocycles. The maximum absolute atomic E-state index is 12.4. The van der Waals surface area contributed by atoms with Crippen molar-refractivity contribution in [3.63, 3.8) is 0 Å². The lowest BCUT2D eigenvalue weighted by Gasteiger charge is -2.35. The molecular weight excluding hydrogens is 250 g/mol. The lowest BCUT2D eigenvalue weighted by Crippen LogP contribution is -2.42. The van der Waals surface area contributed by atoms with Gasteiger partial charge in [-0.15, -0.1) is 0 Å². The van der Waals surface area contributed by atoms with Gasteiger partial charge in [0, 0.05) is 24.2 Å².